The molecule has 0 atom stereocenters. The lowest BCUT2D eigenvalue weighted by atomic mass is 10.0. The third-order valence-corrected chi connectivity index (χ3v) is 3.66. The summed E-state index contributed by atoms with van der Waals surface area (Å²) >= 11 is 0.828. The van der Waals surface area contributed by atoms with Crippen molar-refractivity contribution in [2.24, 2.45) is 0 Å². The smallest absolute Gasteiger partial charge is 0.396 e. The quantitative estimate of drug-likeness (QED) is 0.766. The van der Waals surface area contributed by atoms with Gasteiger partial charge in [0, 0.05) is 19.1 Å². The molecule has 2 aromatic carbocycles. The summed E-state index contributed by atoms with van der Waals surface area (Å²) in [7, 11) is 0. The zero-order valence-corrected chi connectivity index (χ0v) is 10.5. The molecule has 0 aliphatic rings. The van der Waals surface area contributed by atoms with Gasteiger partial charge in [-0.05, 0) is 6.37 Å². The SMILES string of the molecule is [2H]C([2H])(CC)c1c(O)c2ccccc2c2oc(=O)sc12. The third kappa shape index (κ3) is 1.53. The Morgan fingerprint density at radius 1 is 1.39 bits per heavy atom. The van der Waals surface area contributed by atoms with Crippen molar-refractivity contribution in [1.82, 2.24) is 0 Å². The topological polar surface area (TPSA) is 50.4 Å². The third-order valence-electron chi connectivity index (χ3n) is 2.82. The van der Waals surface area contributed by atoms with Gasteiger partial charge in [0.25, 0.3) is 0 Å². The fraction of sp³-hybridized carbons (Fsp3) is 0.214. The van der Waals surface area contributed by atoms with Crippen LogP contribution in [0.3, 0.4) is 0 Å². The van der Waals surface area contributed by atoms with Crippen LogP contribution in [0, 0.1) is 0 Å². The van der Waals surface area contributed by atoms with E-state index in [1.165, 1.54) is 0 Å². The van der Waals surface area contributed by atoms with Crippen molar-refractivity contribution in [2.75, 3.05) is 0 Å². The van der Waals surface area contributed by atoms with Gasteiger partial charge in [-0.25, -0.2) is 4.79 Å². The van der Waals surface area contributed by atoms with Crippen molar-refractivity contribution in [2.45, 2.75) is 19.7 Å². The van der Waals surface area contributed by atoms with Crippen LogP contribution in [0.15, 0.2) is 33.5 Å². The van der Waals surface area contributed by atoms with Gasteiger partial charge in [-0.2, -0.15) is 0 Å². The molecule has 1 heterocycles. The first-order chi connectivity index (χ1) is 9.45. The van der Waals surface area contributed by atoms with Crippen molar-refractivity contribution in [3.8, 4) is 5.75 Å². The summed E-state index contributed by atoms with van der Waals surface area (Å²) in [4.78, 5) is 11.1. The van der Waals surface area contributed by atoms with E-state index in [1.807, 2.05) is 0 Å². The minimum atomic E-state index is -1.72. The van der Waals surface area contributed by atoms with Gasteiger partial charge in [-0.1, -0.05) is 48.9 Å². The molecule has 0 aliphatic carbocycles. The molecule has 0 radical (unpaired) electrons. The first-order valence-corrected chi connectivity index (χ1v) is 6.45. The average molecular weight is 262 g/mol. The largest absolute Gasteiger partial charge is 0.507 e. The van der Waals surface area contributed by atoms with E-state index in [2.05, 4.69) is 0 Å². The normalized spacial score (nSPS) is 13.8. The molecule has 0 unspecified atom stereocenters. The Bertz CT molecular complexity index is 864. The standard InChI is InChI=1S/C14H12O3S/c1-2-5-10-11(15)8-6-3-4-7-9(8)12-13(10)18-14(16)17-12/h3-4,6-7,15H,2,5H2,1H3/i5D2. The molecule has 4 heteroatoms. The molecular weight excluding hydrogens is 248 g/mol. The monoisotopic (exact) mass is 262 g/mol. The molecule has 3 nitrogen and oxygen atoms in total. The maximum atomic E-state index is 11.6. The van der Waals surface area contributed by atoms with Crippen LogP contribution in [-0.4, -0.2) is 5.11 Å². The number of hydrogen-bond acceptors (Lipinski definition) is 4. The molecule has 0 aliphatic heterocycles. The van der Waals surface area contributed by atoms with Crippen molar-refractivity contribution in [3.05, 3.63) is 39.6 Å². The predicted molar refractivity (Wildman–Crippen MR) is 73.5 cm³/mol. The summed E-state index contributed by atoms with van der Waals surface area (Å²) < 4.78 is 21.8. The molecule has 1 aromatic heterocycles. The highest BCUT2D eigenvalue weighted by molar-refractivity contribution is 7.16. The van der Waals surface area contributed by atoms with E-state index in [-0.39, 0.29) is 17.7 Å². The second-order valence-electron chi connectivity index (χ2n) is 3.91. The fourth-order valence-electron chi connectivity index (χ4n) is 2.09. The fourth-order valence-corrected chi connectivity index (χ4v) is 2.90. The highest BCUT2D eigenvalue weighted by atomic mass is 32.1. The Morgan fingerprint density at radius 2 is 2.11 bits per heavy atom. The van der Waals surface area contributed by atoms with Crippen molar-refractivity contribution < 1.29 is 12.3 Å². The molecule has 0 fully saturated rings. The Morgan fingerprint density at radius 3 is 2.83 bits per heavy atom. The summed E-state index contributed by atoms with van der Waals surface area (Å²) in [6, 6.07) is 6.98. The molecule has 92 valence electrons. The lowest BCUT2D eigenvalue weighted by Gasteiger charge is -2.08. The summed E-state index contributed by atoms with van der Waals surface area (Å²) in [5.74, 6) is -0.114. The Labute approximate surface area is 110 Å². The van der Waals surface area contributed by atoms with Crippen molar-refractivity contribution in [1.29, 1.82) is 0 Å². The summed E-state index contributed by atoms with van der Waals surface area (Å²) in [6.07, 6.45) is -1.53. The molecule has 0 bridgehead atoms. The number of rotatable bonds is 2. The van der Waals surface area contributed by atoms with Gasteiger partial charge in [-0.3, -0.25) is 0 Å². The maximum Gasteiger partial charge on any atom is 0.396 e. The number of phenols is 1. The molecular formula is C14H12O3S. The molecule has 0 saturated heterocycles. The highest BCUT2D eigenvalue weighted by Crippen LogP contribution is 2.39. The van der Waals surface area contributed by atoms with Gasteiger partial charge in [0.05, 0.1) is 4.70 Å². The second kappa shape index (κ2) is 4.14. The highest BCUT2D eigenvalue weighted by Gasteiger charge is 2.17. The van der Waals surface area contributed by atoms with E-state index >= 15 is 0 Å². The zero-order valence-electron chi connectivity index (χ0n) is 11.7. The first kappa shape index (κ1) is 9.16. The number of hydrogen-bond donors (Lipinski definition) is 1. The van der Waals surface area contributed by atoms with E-state index in [4.69, 9.17) is 7.16 Å². The van der Waals surface area contributed by atoms with Gasteiger partial charge in [0.1, 0.15) is 5.75 Å². The minimum absolute atomic E-state index is 0.114. The molecule has 0 saturated carbocycles. The van der Waals surface area contributed by atoms with Crippen LogP contribution >= 0.6 is 11.3 Å². The Kier molecular flexibility index (Phi) is 2.11. The Balaban J connectivity index is 2.61. The number of aromatic hydroxyl groups is 1. The molecule has 0 spiro atoms. The maximum absolute atomic E-state index is 11.6. The lowest BCUT2D eigenvalue weighted by molar-refractivity contribution is 0.475. The number of aryl methyl sites for hydroxylation is 1. The number of benzene rings is 2. The predicted octanol–water partition coefficient (Wildman–Crippen LogP) is 3.67. The lowest BCUT2D eigenvalue weighted by Crippen LogP contribution is -1.87. The van der Waals surface area contributed by atoms with Crippen LogP contribution in [0.1, 0.15) is 21.6 Å². The van der Waals surface area contributed by atoms with Crippen LogP contribution < -0.4 is 4.94 Å². The molecule has 18 heavy (non-hydrogen) atoms. The van der Waals surface area contributed by atoms with Crippen LogP contribution in [0.25, 0.3) is 21.1 Å². The molecule has 1 N–H and O–H groups in total. The van der Waals surface area contributed by atoms with E-state index in [0.717, 1.165) is 11.3 Å². The van der Waals surface area contributed by atoms with Gasteiger partial charge in [0.2, 0.25) is 0 Å². The molecule has 0 amide bonds. The zero-order chi connectivity index (χ0) is 14.5. The van der Waals surface area contributed by atoms with Gasteiger partial charge in [0.15, 0.2) is 5.58 Å². The van der Waals surface area contributed by atoms with Gasteiger partial charge < -0.3 is 9.52 Å². The summed E-state index contributed by atoms with van der Waals surface area (Å²) in [5.41, 5.74) is 0.491. The first-order valence-electron chi connectivity index (χ1n) is 6.63. The number of phenolic OH excluding ortho intramolecular Hbond substituents is 1. The summed E-state index contributed by atoms with van der Waals surface area (Å²) in [6.45, 7) is 1.70. The van der Waals surface area contributed by atoms with Crippen LogP contribution in [-0.2, 0) is 6.37 Å². The average Bonchev–Trinajstić information content (AvgIpc) is 2.80. The minimum Gasteiger partial charge on any atom is -0.507 e. The second-order valence-corrected chi connectivity index (χ2v) is 4.86. The van der Waals surface area contributed by atoms with Gasteiger partial charge in [-0.15, -0.1) is 0 Å². The van der Waals surface area contributed by atoms with Crippen LogP contribution in [0.4, 0.5) is 0 Å². The number of fused-ring (bicyclic) bond motifs is 3. The van der Waals surface area contributed by atoms with E-state index in [0.29, 0.717) is 21.1 Å². The van der Waals surface area contributed by atoms with E-state index < -0.39 is 11.3 Å². The molecule has 3 rings (SSSR count). The van der Waals surface area contributed by atoms with Crippen LogP contribution in [0.5, 0.6) is 5.75 Å². The van der Waals surface area contributed by atoms with Crippen molar-refractivity contribution >= 4 is 32.4 Å². The van der Waals surface area contributed by atoms with Crippen LogP contribution in [0.2, 0.25) is 0 Å². The Hall–Kier alpha value is -1.81. The van der Waals surface area contributed by atoms with Crippen molar-refractivity contribution in [3.63, 3.8) is 0 Å². The van der Waals surface area contributed by atoms with Gasteiger partial charge >= 0.3 is 4.94 Å². The van der Waals surface area contributed by atoms with E-state index in [1.54, 1.807) is 31.2 Å². The summed E-state index contributed by atoms with van der Waals surface area (Å²) in [5, 5.41) is 11.6. The van der Waals surface area contributed by atoms with E-state index in [9.17, 15) is 9.90 Å². The molecule has 3 aromatic rings.